The van der Waals surface area contributed by atoms with Gasteiger partial charge in [-0.3, -0.25) is 14.5 Å². The van der Waals surface area contributed by atoms with Gasteiger partial charge in [0.05, 0.1) is 23.9 Å². The average Bonchev–Trinajstić information content (AvgIpc) is 2.62. The van der Waals surface area contributed by atoms with Crippen molar-refractivity contribution in [3.63, 3.8) is 0 Å². The monoisotopic (exact) mass is 406 g/mol. The van der Waals surface area contributed by atoms with E-state index in [9.17, 15) is 9.59 Å². The lowest BCUT2D eigenvalue weighted by Crippen LogP contribution is -2.44. The fourth-order valence-corrected chi connectivity index (χ4v) is 2.78. The Morgan fingerprint density at radius 1 is 1.07 bits per heavy atom. The van der Waals surface area contributed by atoms with Crippen LogP contribution in [0, 0.1) is 0 Å². The Hall–Kier alpha value is -2.77. The van der Waals surface area contributed by atoms with Gasteiger partial charge in [-0.05, 0) is 42.8 Å². The first kappa shape index (κ1) is 19.0. The number of nitrogens with one attached hydrogen (secondary N) is 2. The van der Waals surface area contributed by atoms with E-state index in [0.29, 0.717) is 28.1 Å². The maximum Gasteiger partial charge on any atom is 0.332 e. The molecule has 0 saturated heterocycles. The minimum absolute atomic E-state index is 0.0962. The second kappa shape index (κ2) is 8.28. The minimum Gasteiger partial charge on any atom is -0.492 e. The van der Waals surface area contributed by atoms with Crippen LogP contribution in [0.25, 0.3) is 0 Å². The summed E-state index contributed by atoms with van der Waals surface area (Å²) in [6.07, 6.45) is 0. The molecule has 7 nitrogen and oxygen atoms in total. The van der Waals surface area contributed by atoms with Crippen molar-refractivity contribution in [1.82, 2.24) is 14.5 Å². The van der Waals surface area contributed by atoms with Gasteiger partial charge >= 0.3 is 11.4 Å². The Morgan fingerprint density at radius 2 is 1.81 bits per heavy atom. The van der Waals surface area contributed by atoms with Gasteiger partial charge in [0.2, 0.25) is 5.62 Å². The van der Waals surface area contributed by atoms with Gasteiger partial charge in [0.15, 0.2) is 0 Å². The molecule has 27 heavy (non-hydrogen) atoms. The van der Waals surface area contributed by atoms with Crippen molar-refractivity contribution < 1.29 is 4.74 Å². The molecule has 140 valence electrons. The SMILES string of the molecule is CCOc1ccc(/N=c2\[nH]c(=O)[nH]c(=O)n2Cc2ccc(Cl)cc2)cc1Cl. The second-order valence-corrected chi connectivity index (χ2v) is 6.42. The van der Waals surface area contributed by atoms with E-state index >= 15 is 0 Å². The standard InChI is InChI=1S/C18H16Cl2N4O3/c1-2-27-15-8-7-13(9-14(15)20)21-16-22-17(25)23-18(26)24(16)10-11-3-5-12(19)6-4-11/h3-9H,2,10H2,1H3,(H2,21,22,23,25,26). The van der Waals surface area contributed by atoms with Crippen molar-refractivity contribution in [3.8, 4) is 5.75 Å². The van der Waals surface area contributed by atoms with Gasteiger partial charge in [-0.2, -0.15) is 0 Å². The number of halogens is 2. The molecule has 1 heterocycles. The summed E-state index contributed by atoms with van der Waals surface area (Å²) in [7, 11) is 0. The summed E-state index contributed by atoms with van der Waals surface area (Å²) in [6, 6.07) is 12.0. The summed E-state index contributed by atoms with van der Waals surface area (Å²) >= 11 is 12.1. The Kier molecular flexibility index (Phi) is 5.83. The van der Waals surface area contributed by atoms with Crippen LogP contribution in [0.5, 0.6) is 5.75 Å². The quantitative estimate of drug-likeness (QED) is 0.681. The van der Waals surface area contributed by atoms with Crippen molar-refractivity contribution in [1.29, 1.82) is 0 Å². The van der Waals surface area contributed by atoms with Gasteiger partial charge in [0, 0.05) is 5.02 Å². The number of aromatic amines is 2. The maximum atomic E-state index is 12.3. The van der Waals surface area contributed by atoms with Crippen LogP contribution in [-0.4, -0.2) is 21.1 Å². The molecule has 0 atom stereocenters. The summed E-state index contributed by atoms with van der Waals surface area (Å²) in [5, 5.41) is 0.975. The molecule has 0 unspecified atom stereocenters. The molecule has 3 aromatic rings. The van der Waals surface area contributed by atoms with Crippen molar-refractivity contribution in [2.24, 2.45) is 4.99 Å². The number of H-pyrrole nitrogens is 2. The molecule has 3 rings (SSSR count). The highest BCUT2D eigenvalue weighted by molar-refractivity contribution is 6.32. The van der Waals surface area contributed by atoms with Crippen LogP contribution < -0.4 is 21.7 Å². The third-order valence-corrected chi connectivity index (χ3v) is 4.20. The highest BCUT2D eigenvalue weighted by Crippen LogP contribution is 2.28. The molecule has 0 radical (unpaired) electrons. The van der Waals surface area contributed by atoms with E-state index in [2.05, 4.69) is 15.0 Å². The molecule has 0 saturated carbocycles. The predicted octanol–water partition coefficient (Wildman–Crippen LogP) is 2.85. The number of aromatic nitrogens is 3. The number of hydrogen-bond acceptors (Lipinski definition) is 4. The first-order valence-corrected chi connectivity index (χ1v) is 8.87. The molecule has 0 spiro atoms. The lowest BCUT2D eigenvalue weighted by atomic mass is 10.2. The van der Waals surface area contributed by atoms with Crippen molar-refractivity contribution >= 4 is 28.9 Å². The van der Waals surface area contributed by atoms with E-state index in [1.807, 2.05) is 6.92 Å². The van der Waals surface area contributed by atoms with Gasteiger partial charge in [0.25, 0.3) is 0 Å². The maximum absolute atomic E-state index is 12.3. The van der Waals surface area contributed by atoms with Gasteiger partial charge in [-0.15, -0.1) is 0 Å². The predicted molar refractivity (Wildman–Crippen MR) is 104 cm³/mol. The average molecular weight is 407 g/mol. The molecular weight excluding hydrogens is 391 g/mol. The van der Waals surface area contributed by atoms with Gasteiger partial charge in [-0.25, -0.2) is 14.6 Å². The van der Waals surface area contributed by atoms with E-state index in [-0.39, 0.29) is 12.2 Å². The number of benzene rings is 2. The number of ether oxygens (including phenoxy) is 1. The Morgan fingerprint density at radius 3 is 2.48 bits per heavy atom. The molecule has 0 aliphatic rings. The fraction of sp³-hybridized carbons (Fsp3) is 0.167. The second-order valence-electron chi connectivity index (χ2n) is 5.58. The van der Waals surface area contributed by atoms with Crippen molar-refractivity contribution in [2.75, 3.05) is 6.61 Å². The van der Waals surface area contributed by atoms with E-state index < -0.39 is 11.4 Å². The molecule has 9 heteroatoms. The van der Waals surface area contributed by atoms with Crippen LogP contribution in [0.1, 0.15) is 12.5 Å². The molecular formula is C18H16Cl2N4O3. The smallest absolute Gasteiger partial charge is 0.332 e. The van der Waals surface area contributed by atoms with E-state index in [1.165, 1.54) is 4.57 Å². The highest BCUT2D eigenvalue weighted by Gasteiger charge is 2.06. The van der Waals surface area contributed by atoms with Gasteiger partial charge in [0.1, 0.15) is 5.75 Å². The lowest BCUT2D eigenvalue weighted by Gasteiger charge is -2.07. The van der Waals surface area contributed by atoms with Crippen LogP contribution in [0.4, 0.5) is 5.69 Å². The number of nitrogens with zero attached hydrogens (tertiary/aromatic N) is 2. The van der Waals surface area contributed by atoms with E-state index in [4.69, 9.17) is 27.9 Å². The van der Waals surface area contributed by atoms with Crippen LogP contribution in [0.2, 0.25) is 10.0 Å². The third kappa shape index (κ3) is 4.69. The number of rotatable bonds is 5. The van der Waals surface area contributed by atoms with Crippen LogP contribution in [0.3, 0.4) is 0 Å². The molecule has 0 aliphatic carbocycles. The summed E-state index contributed by atoms with van der Waals surface area (Å²) in [6.45, 7) is 2.54. The molecule has 0 fully saturated rings. The molecule has 0 amide bonds. The Labute approximate surface area is 163 Å². The molecule has 2 aromatic carbocycles. The molecule has 2 N–H and O–H groups in total. The van der Waals surface area contributed by atoms with Gasteiger partial charge < -0.3 is 4.74 Å². The summed E-state index contributed by atoms with van der Waals surface area (Å²) in [5.41, 5.74) is 0.157. The lowest BCUT2D eigenvalue weighted by molar-refractivity contribution is 0.340. The summed E-state index contributed by atoms with van der Waals surface area (Å²) < 4.78 is 6.70. The Balaban J connectivity index is 2.08. The summed E-state index contributed by atoms with van der Waals surface area (Å²) in [5.74, 6) is 0.534. The molecule has 0 bridgehead atoms. The molecule has 0 aliphatic heterocycles. The number of hydrogen-bond donors (Lipinski definition) is 2. The van der Waals surface area contributed by atoms with E-state index in [0.717, 1.165) is 5.56 Å². The van der Waals surface area contributed by atoms with Crippen LogP contribution in [-0.2, 0) is 6.54 Å². The Bertz CT molecular complexity index is 1130. The zero-order valence-electron chi connectivity index (χ0n) is 14.3. The van der Waals surface area contributed by atoms with Crippen molar-refractivity contribution in [2.45, 2.75) is 13.5 Å². The fourth-order valence-electron chi connectivity index (χ4n) is 2.42. The van der Waals surface area contributed by atoms with Crippen molar-refractivity contribution in [3.05, 3.63) is 84.7 Å². The van der Waals surface area contributed by atoms with E-state index in [1.54, 1.807) is 42.5 Å². The van der Waals surface area contributed by atoms with Crippen LogP contribution in [0.15, 0.2) is 57.0 Å². The third-order valence-electron chi connectivity index (χ3n) is 3.65. The zero-order valence-corrected chi connectivity index (χ0v) is 15.8. The first-order valence-electron chi connectivity index (χ1n) is 8.11. The normalized spacial score (nSPS) is 11.6. The minimum atomic E-state index is -0.650. The molecule has 1 aromatic heterocycles. The first-order chi connectivity index (χ1) is 13.0. The van der Waals surface area contributed by atoms with Crippen LogP contribution >= 0.6 is 23.2 Å². The highest BCUT2D eigenvalue weighted by atomic mass is 35.5. The zero-order chi connectivity index (χ0) is 19.4. The summed E-state index contributed by atoms with van der Waals surface area (Å²) in [4.78, 5) is 33.1. The largest absolute Gasteiger partial charge is 0.492 e. The topological polar surface area (TPSA) is 92.2 Å². The van der Waals surface area contributed by atoms with Gasteiger partial charge in [-0.1, -0.05) is 35.3 Å².